The number of rotatable bonds is 5. The quantitative estimate of drug-likeness (QED) is 0.661. The van der Waals surface area contributed by atoms with E-state index >= 15 is 0 Å². The van der Waals surface area contributed by atoms with Gasteiger partial charge in [0.2, 0.25) is 5.75 Å². The van der Waals surface area contributed by atoms with Crippen LogP contribution in [0.3, 0.4) is 0 Å². The summed E-state index contributed by atoms with van der Waals surface area (Å²) >= 11 is 0. The lowest BCUT2D eigenvalue weighted by molar-refractivity contribution is -0.386. The molecule has 1 fully saturated rings. The Balaban J connectivity index is 2.26. The molecule has 1 aromatic rings. The minimum Gasteiger partial charge on any atom is -0.493 e. The van der Waals surface area contributed by atoms with E-state index in [1.807, 2.05) is 0 Å². The Morgan fingerprint density at radius 2 is 1.67 bits per heavy atom. The van der Waals surface area contributed by atoms with Gasteiger partial charge in [-0.15, -0.1) is 0 Å². The topological polar surface area (TPSA) is 96.9 Å². The second-order valence-corrected chi connectivity index (χ2v) is 5.09. The van der Waals surface area contributed by atoms with Crippen molar-refractivity contribution >= 4 is 5.69 Å². The first-order valence-electron chi connectivity index (χ1n) is 6.87. The van der Waals surface area contributed by atoms with E-state index in [2.05, 4.69) is 0 Å². The summed E-state index contributed by atoms with van der Waals surface area (Å²) in [7, 11) is 2.91. The first-order valence-corrected chi connectivity index (χ1v) is 6.87. The van der Waals surface area contributed by atoms with Gasteiger partial charge in [0.25, 0.3) is 0 Å². The van der Waals surface area contributed by atoms with Crippen LogP contribution < -0.4 is 19.9 Å². The van der Waals surface area contributed by atoms with E-state index in [9.17, 15) is 10.1 Å². The van der Waals surface area contributed by atoms with Crippen molar-refractivity contribution in [2.45, 2.75) is 37.8 Å². The van der Waals surface area contributed by atoms with Crippen LogP contribution in [-0.4, -0.2) is 31.3 Å². The molecule has 0 bridgehead atoms. The minimum atomic E-state index is -0.480. The predicted octanol–water partition coefficient (Wildman–Crippen LogP) is 2.26. The molecule has 7 nitrogen and oxygen atoms in total. The van der Waals surface area contributed by atoms with Gasteiger partial charge in [0.1, 0.15) is 0 Å². The Bertz CT molecular complexity index is 512. The molecule has 1 aromatic carbocycles. The van der Waals surface area contributed by atoms with Gasteiger partial charge in [-0.25, -0.2) is 0 Å². The molecule has 0 saturated heterocycles. The molecular weight excluding hydrogens is 276 g/mol. The molecule has 1 aliphatic carbocycles. The highest BCUT2D eigenvalue weighted by molar-refractivity contribution is 5.58. The Hall–Kier alpha value is -2.02. The summed E-state index contributed by atoms with van der Waals surface area (Å²) in [5, 5.41) is 11.2. The third-order valence-electron chi connectivity index (χ3n) is 3.67. The number of benzene rings is 1. The van der Waals surface area contributed by atoms with Crippen LogP contribution in [0.15, 0.2) is 12.1 Å². The van der Waals surface area contributed by atoms with E-state index in [1.165, 1.54) is 26.4 Å². The fourth-order valence-electron chi connectivity index (χ4n) is 2.47. The monoisotopic (exact) mass is 296 g/mol. The zero-order valence-electron chi connectivity index (χ0n) is 12.2. The van der Waals surface area contributed by atoms with Crippen molar-refractivity contribution in [3.05, 3.63) is 22.2 Å². The maximum absolute atomic E-state index is 11.2. The molecule has 0 spiro atoms. The molecule has 0 amide bonds. The Labute approximate surface area is 123 Å². The van der Waals surface area contributed by atoms with Crippen LogP contribution in [0.5, 0.6) is 17.2 Å². The van der Waals surface area contributed by atoms with Gasteiger partial charge in [0, 0.05) is 12.1 Å². The van der Waals surface area contributed by atoms with Crippen molar-refractivity contribution in [2.75, 3.05) is 14.2 Å². The SMILES string of the molecule is COc1cc(OC2CCC(N)CC2)c([N+](=O)[O-])cc1OC. The molecular formula is C14H20N2O5. The minimum absolute atomic E-state index is 0.0541. The van der Waals surface area contributed by atoms with Crippen LogP contribution in [0, 0.1) is 10.1 Å². The van der Waals surface area contributed by atoms with Gasteiger partial charge in [0.15, 0.2) is 11.5 Å². The largest absolute Gasteiger partial charge is 0.493 e. The molecule has 2 rings (SSSR count). The molecule has 0 atom stereocenters. The van der Waals surface area contributed by atoms with Crippen molar-refractivity contribution in [1.29, 1.82) is 0 Å². The summed E-state index contributed by atoms with van der Waals surface area (Å²) in [6, 6.07) is 3.03. The van der Waals surface area contributed by atoms with Gasteiger partial charge in [-0.05, 0) is 25.7 Å². The standard InChI is InChI=1S/C14H20N2O5/c1-19-13-7-11(16(17)18)12(8-14(13)20-2)21-10-5-3-9(15)4-6-10/h7-10H,3-6,15H2,1-2H3. The number of methoxy groups -OCH3 is 2. The van der Waals surface area contributed by atoms with Gasteiger partial charge in [-0.3, -0.25) is 10.1 Å². The highest BCUT2D eigenvalue weighted by atomic mass is 16.6. The molecule has 0 aromatic heterocycles. The van der Waals surface area contributed by atoms with Crippen molar-refractivity contribution in [3.63, 3.8) is 0 Å². The molecule has 0 aliphatic heterocycles. The fraction of sp³-hybridized carbons (Fsp3) is 0.571. The van der Waals surface area contributed by atoms with Gasteiger partial charge in [-0.2, -0.15) is 0 Å². The molecule has 1 aliphatic rings. The lowest BCUT2D eigenvalue weighted by atomic mass is 9.94. The molecule has 0 radical (unpaired) electrons. The van der Waals surface area contributed by atoms with E-state index in [1.54, 1.807) is 0 Å². The summed E-state index contributed by atoms with van der Waals surface area (Å²) in [5.41, 5.74) is 5.73. The van der Waals surface area contributed by atoms with Crippen LogP contribution >= 0.6 is 0 Å². The second-order valence-electron chi connectivity index (χ2n) is 5.09. The number of ether oxygens (including phenoxy) is 3. The zero-order valence-corrected chi connectivity index (χ0v) is 12.2. The number of nitrogens with zero attached hydrogens (tertiary/aromatic N) is 1. The third-order valence-corrected chi connectivity index (χ3v) is 3.67. The molecule has 2 N–H and O–H groups in total. The Morgan fingerprint density at radius 3 is 2.19 bits per heavy atom. The lowest BCUT2D eigenvalue weighted by Gasteiger charge is -2.26. The van der Waals surface area contributed by atoms with E-state index in [4.69, 9.17) is 19.9 Å². The fourth-order valence-corrected chi connectivity index (χ4v) is 2.47. The first kappa shape index (κ1) is 15.4. The van der Waals surface area contributed by atoms with Gasteiger partial charge in [0.05, 0.1) is 31.3 Å². The summed E-state index contributed by atoms with van der Waals surface area (Å²) in [6.45, 7) is 0. The van der Waals surface area contributed by atoms with Crippen LogP contribution in [0.2, 0.25) is 0 Å². The summed E-state index contributed by atoms with van der Waals surface area (Å²) in [5.74, 6) is 0.922. The highest BCUT2D eigenvalue weighted by Crippen LogP contribution is 2.40. The van der Waals surface area contributed by atoms with Crippen LogP contribution in [0.4, 0.5) is 5.69 Å². The van der Waals surface area contributed by atoms with E-state index in [0.29, 0.717) is 11.5 Å². The lowest BCUT2D eigenvalue weighted by Crippen LogP contribution is -2.31. The van der Waals surface area contributed by atoms with Crippen molar-refractivity contribution in [2.24, 2.45) is 5.73 Å². The van der Waals surface area contributed by atoms with E-state index < -0.39 is 4.92 Å². The van der Waals surface area contributed by atoms with Crippen molar-refractivity contribution < 1.29 is 19.1 Å². The molecule has 7 heteroatoms. The summed E-state index contributed by atoms with van der Waals surface area (Å²) in [6.07, 6.45) is 3.28. The summed E-state index contributed by atoms with van der Waals surface area (Å²) < 4.78 is 16.1. The number of hydrogen-bond acceptors (Lipinski definition) is 6. The van der Waals surface area contributed by atoms with Gasteiger partial charge >= 0.3 is 5.69 Å². The van der Waals surface area contributed by atoms with E-state index in [-0.39, 0.29) is 23.6 Å². The Kier molecular flexibility index (Phi) is 4.85. The van der Waals surface area contributed by atoms with Crippen LogP contribution in [0.25, 0.3) is 0 Å². The number of nitrogens with two attached hydrogens (primary N) is 1. The number of hydrogen-bond donors (Lipinski definition) is 1. The van der Waals surface area contributed by atoms with Gasteiger partial charge < -0.3 is 19.9 Å². The van der Waals surface area contributed by atoms with Gasteiger partial charge in [-0.1, -0.05) is 0 Å². The number of nitro benzene ring substituents is 1. The molecule has 116 valence electrons. The van der Waals surface area contributed by atoms with Crippen molar-refractivity contribution in [1.82, 2.24) is 0 Å². The van der Waals surface area contributed by atoms with Crippen LogP contribution in [-0.2, 0) is 0 Å². The normalized spacial score (nSPS) is 21.7. The predicted molar refractivity (Wildman–Crippen MR) is 77.1 cm³/mol. The first-order chi connectivity index (χ1) is 10.0. The Morgan fingerprint density at radius 1 is 1.10 bits per heavy atom. The molecule has 21 heavy (non-hydrogen) atoms. The van der Waals surface area contributed by atoms with Crippen molar-refractivity contribution in [3.8, 4) is 17.2 Å². The molecule has 0 heterocycles. The average Bonchev–Trinajstić information content (AvgIpc) is 2.48. The number of nitro groups is 1. The molecule has 0 unspecified atom stereocenters. The maximum atomic E-state index is 11.2. The maximum Gasteiger partial charge on any atom is 0.314 e. The summed E-state index contributed by atoms with van der Waals surface area (Å²) in [4.78, 5) is 10.7. The second kappa shape index (κ2) is 6.62. The van der Waals surface area contributed by atoms with E-state index in [0.717, 1.165) is 25.7 Å². The zero-order chi connectivity index (χ0) is 15.4. The highest BCUT2D eigenvalue weighted by Gasteiger charge is 2.26. The average molecular weight is 296 g/mol. The third kappa shape index (κ3) is 3.55. The van der Waals surface area contributed by atoms with Crippen LogP contribution in [0.1, 0.15) is 25.7 Å². The molecule has 1 saturated carbocycles. The smallest absolute Gasteiger partial charge is 0.314 e.